The number of nitrogens with one attached hydrogen (secondary N) is 1. The van der Waals surface area contributed by atoms with Gasteiger partial charge in [-0.15, -0.1) is 6.58 Å². The second-order valence-electron chi connectivity index (χ2n) is 6.01. The number of fused-ring (bicyclic) bond motifs is 1. The standard InChI is InChI=1S/C18H21N3O2S/c1-2-10-21-17(23)14-8-3-4-9-15(14)20-18(21)24-12-16(22)19-11-13-6-5-7-13/h2-4,8-9,13H,1,5-7,10-12H2,(H,19,22). The fourth-order valence-electron chi connectivity index (χ4n) is 2.68. The number of hydrogen-bond acceptors (Lipinski definition) is 4. The Kier molecular flexibility index (Phi) is 5.35. The number of hydrogen-bond donors (Lipinski definition) is 1. The number of para-hydroxylation sites is 1. The van der Waals surface area contributed by atoms with E-state index in [9.17, 15) is 9.59 Å². The minimum absolute atomic E-state index is 0.0144. The fourth-order valence-corrected chi connectivity index (χ4v) is 3.52. The van der Waals surface area contributed by atoms with Gasteiger partial charge in [-0.25, -0.2) is 4.98 Å². The second-order valence-corrected chi connectivity index (χ2v) is 6.95. The van der Waals surface area contributed by atoms with Gasteiger partial charge in [0.1, 0.15) is 0 Å². The van der Waals surface area contributed by atoms with E-state index in [0.717, 1.165) is 6.54 Å². The minimum Gasteiger partial charge on any atom is -0.355 e. The number of nitrogens with zero attached hydrogens (tertiary/aromatic N) is 2. The molecular weight excluding hydrogens is 322 g/mol. The Morgan fingerprint density at radius 1 is 1.42 bits per heavy atom. The van der Waals surface area contributed by atoms with Gasteiger partial charge in [-0.2, -0.15) is 0 Å². The highest BCUT2D eigenvalue weighted by atomic mass is 32.2. The van der Waals surface area contributed by atoms with Gasteiger partial charge in [0.25, 0.3) is 5.56 Å². The third kappa shape index (κ3) is 3.70. The van der Waals surface area contributed by atoms with E-state index < -0.39 is 0 Å². The molecule has 1 aromatic carbocycles. The van der Waals surface area contributed by atoms with Crippen molar-refractivity contribution in [2.24, 2.45) is 5.92 Å². The maximum absolute atomic E-state index is 12.6. The summed E-state index contributed by atoms with van der Waals surface area (Å²) in [6.45, 7) is 4.83. The first-order valence-electron chi connectivity index (χ1n) is 8.19. The molecule has 0 atom stereocenters. The van der Waals surface area contributed by atoms with Gasteiger partial charge >= 0.3 is 0 Å². The van der Waals surface area contributed by atoms with Crippen molar-refractivity contribution in [1.82, 2.24) is 14.9 Å². The molecule has 1 aliphatic carbocycles. The molecule has 1 amide bonds. The van der Waals surface area contributed by atoms with Gasteiger partial charge in [0.15, 0.2) is 5.16 Å². The quantitative estimate of drug-likeness (QED) is 0.477. The number of benzene rings is 1. The molecule has 1 aliphatic rings. The highest BCUT2D eigenvalue weighted by Gasteiger charge is 2.18. The highest BCUT2D eigenvalue weighted by molar-refractivity contribution is 7.99. The molecule has 0 bridgehead atoms. The first kappa shape index (κ1) is 16.8. The number of allylic oxidation sites excluding steroid dienone is 1. The van der Waals surface area contributed by atoms with E-state index in [1.165, 1.54) is 31.0 Å². The summed E-state index contributed by atoms with van der Waals surface area (Å²) in [7, 11) is 0. The number of carbonyl (C=O) groups excluding carboxylic acids is 1. The number of rotatable bonds is 7. The van der Waals surface area contributed by atoms with Crippen LogP contribution in [0.2, 0.25) is 0 Å². The van der Waals surface area contributed by atoms with Crippen LogP contribution in [0.3, 0.4) is 0 Å². The van der Waals surface area contributed by atoms with Crippen molar-refractivity contribution in [3.63, 3.8) is 0 Å². The largest absolute Gasteiger partial charge is 0.355 e. The normalized spacial score (nSPS) is 14.3. The van der Waals surface area contributed by atoms with E-state index in [4.69, 9.17) is 0 Å². The first-order chi connectivity index (χ1) is 11.7. The predicted molar refractivity (Wildman–Crippen MR) is 97.3 cm³/mol. The van der Waals surface area contributed by atoms with Crippen LogP contribution in [0.15, 0.2) is 46.9 Å². The topological polar surface area (TPSA) is 64.0 Å². The van der Waals surface area contributed by atoms with Crippen LogP contribution in [-0.4, -0.2) is 27.8 Å². The predicted octanol–water partition coefficient (Wildman–Crippen LogP) is 2.59. The Labute approximate surface area is 145 Å². The molecule has 1 aromatic heterocycles. The molecule has 2 aromatic rings. The van der Waals surface area contributed by atoms with Crippen LogP contribution in [0.25, 0.3) is 10.9 Å². The van der Waals surface area contributed by atoms with Gasteiger partial charge in [-0.05, 0) is 30.9 Å². The third-order valence-corrected chi connectivity index (χ3v) is 5.26. The van der Waals surface area contributed by atoms with Crippen molar-refractivity contribution in [2.75, 3.05) is 12.3 Å². The molecule has 1 fully saturated rings. The number of carbonyl (C=O) groups is 1. The minimum atomic E-state index is -0.0992. The van der Waals surface area contributed by atoms with E-state index >= 15 is 0 Å². The lowest BCUT2D eigenvalue weighted by molar-refractivity contribution is -0.118. The Hall–Kier alpha value is -2.08. The summed E-state index contributed by atoms with van der Waals surface area (Å²) in [5.41, 5.74) is 0.554. The Balaban J connectivity index is 1.74. The van der Waals surface area contributed by atoms with Crippen LogP contribution in [0, 0.1) is 5.92 Å². The van der Waals surface area contributed by atoms with Crippen molar-refractivity contribution >= 4 is 28.6 Å². The summed E-state index contributed by atoms with van der Waals surface area (Å²) in [6, 6.07) is 7.26. The number of amides is 1. The van der Waals surface area contributed by atoms with Gasteiger partial charge < -0.3 is 5.32 Å². The van der Waals surface area contributed by atoms with Gasteiger partial charge in [-0.1, -0.05) is 36.4 Å². The molecule has 0 aliphatic heterocycles. The van der Waals surface area contributed by atoms with E-state index in [2.05, 4.69) is 16.9 Å². The van der Waals surface area contributed by atoms with Crippen LogP contribution in [0.1, 0.15) is 19.3 Å². The van der Waals surface area contributed by atoms with E-state index in [-0.39, 0.29) is 17.2 Å². The average molecular weight is 343 g/mol. The summed E-state index contributed by atoms with van der Waals surface area (Å²) in [5.74, 6) is 0.880. The monoisotopic (exact) mass is 343 g/mol. The summed E-state index contributed by atoms with van der Waals surface area (Å²) in [5, 5.41) is 4.10. The van der Waals surface area contributed by atoms with E-state index in [1.807, 2.05) is 18.2 Å². The lowest BCUT2D eigenvalue weighted by atomic mass is 9.85. The van der Waals surface area contributed by atoms with Crippen LogP contribution < -0.4 is 10.9 Å². The zero-order valence-corrected chi connectivity index (χ0v) is 14.3. The Morgan fingerprint density at radius 3 is 2.92 bits per heavy atom. The van der Waals surface area contributed by atoms with Gasteiger partial charge in [0.05, 0.1) is 16.7 Å². The molecule has 0 saturated heterocycles. The number of thioether (sulfide) groups is 1. The highest BCUT2D eigenvalue weighted by Crippen LogP contribution is 2.25. The molecule has 6 heteroatoms. The SMILES string of the molecule is C=CCn1c(SCC(=O)NCC2CCC2)nc2ccccc2c1=O. The number of aromatic nitrogens is 2. The van der Waals surface area contributed by atoms with Gasteiger partial charge in [-0.3, -0.25) is 14.2 Å². The summed E-state index contributed by atoms with van der Waals surface area (Å²) < 4.78 is 1.57. The zero-order chi connectivity index (χ0) is 16.9. The Morgan fingerprint density at radius 2 is 2.21 bits per heavy atom. The van der Waals surface area contributed by atoms with Gasteiger partial charge in [0.2, 0.25) is 5.91 Å². The molecule has 1 saturated carbocycles. The van der Waals surface area contributed by atoms with Crippen molar-refractivity contribution in [3.8, 4) is 0 Å². The molecule has 1 heterocycles. The van der Waals surface area contributed by atoms with Crippen molar-refractivity contribution in [1.29, 1.82) is 0 Å². The molecule has 24 heavy (non-hydrogen) atoms. The molecule has 0 unspecified atom stereocenters. The molecule has 1 N–H and O–H groups in total. The molecule has 126 valence electrons. The third-order valence-electron chi connectivity index (χ3n) is 4.28. The first-order valence-corrected chi connectivity index (χ1v) is 9.17. The molecular formula is C18H21N3O2S. The maximum Gasteiger partial charge on any atom is 0.262 e. The maximum atomic E-state index is 12.6. The van der Waals surface area contributed by atoms with Crippen LogP contribution >= 0.6 is 11.8 Å². The lowest BCUT2D eigenvalue weighted by Gasteiger charge is -2.25. The van der Waals surface area contributed by atoms with E-state index in [1.54, 1.807) is 16.7 Å². The Bertz CT molecular complexity index is 812. The molecule has 5 nitrogen and oxygen atoms in total. The van der Waals surface area contributed by atoms with Crippen molar-refractivity contribution < 1.29 is 4.79 Å². The fraction of sp³-hybridized carbons (Fsp3) is 0.389. The molecule has 0 spiro atoms. The van der Waals surface area contributed by atoms with Crippen LogP contribution in [0.5, 0.6) is 0 Å². The molecule has 3 rings (SSSR count). The lowest BCUT2D eigenvalue weighted by Crippen LogP contribution is -2.33. The van der Waals surface area contributed by atoms with Crippen molar-refractivity contribution in [2.45, 2.75) is 31.0 Å². The average Bonchev–Trinajstić information content (AvgIpc) is 2.54. The van der Waals surface area contributed by atoms with Crippen LogP contribution in [0.4, 0.5) is 0 Å². The summed E-state index contributed by atoms with van der Waals surface area (Å²) in [4.78, 5) is 29.2. The second kappa shape index (κ2) is 7.66. The van der Waals surface area contributed by atoms with Crippen molar-refractivity contribution in [3.05, 3.63) is 47.3 Å². The van der Waals surface area contributed by atoms with Gasteiger partial charge in [0, 0.05) is 13.1 Å². The smallest absolute Gasteiger partial charge is 0.262 e. The van der Waals surface area contributed by atoms with E-state index in [0.29, 0.717) is 28.5 Å². The zero-order valence-electron chi connectivity index (χ0n) is 13.5. The summed E-state index contributed by atoms with van der Waals surface area (Å²) in [6.07, 6.45) is 5.35. The van der Waals surface area contributed by atoms with Crippen LogP contribution in [-0.2, 0) is 11.3 Å². The molecule has 0 radical (unpaired) electrons. The summed E-state index contributed by atoms with van der Waals surface area (Å²) >= 11 is 1.29.